The number of nitrogens with zero attached hydrogens (tertiary/aromatic N) is 20. The van der Waals surface area contributed by atoms with E-state index in [0.29, 0.717) is 91.8 Å². The number of aromatic nitrogens is 20. The van der Waals surface area contributed by atoms with Crippen LogP contribution >= 0.6 is 0 Å². The van der Waals surface area contributed by atoms with Crippen molar-refractivity contribution in [3.63, 3.8) is 0 Å². The van der Waals surface area contributed by atoms with E-state index in [1.165, 1.54) is 0 Å². The molecule has 15 heterocycles. The van der Waals surface area contributed by atoms with Gasteiger partial charge in [0.05, 0.1) is 69.4 Å². The van der Waals surface area contributed by atoms with Crippen LogP contribution in [0.15, 0.2) is 340 Å². The van der Waals surface area contributed by atoms with Gasteiger partial charge in [0.2, 0.25) is 0 Å². The minimum absolute atomic E-state index is 0. The van der Waals surface area contributed by atoms with Crippen molar-refractivity contribution in [2.75, 3.05) is 0 Å². The molecule has 6 aliphatic rings. The van der Waals surface area contributed by atoms with Crippen LogP contribution < -0.4 is 29.9 Å². The molecule has 0 N–H and O–H groups in total. The Labute approximate surface area is 809 Å². The summed E-state index contributed by atoms with van der Waals surface area (Å²) in [6, 6.07) is 115. The third kappa shape index (κ3) is 14.3. The van der Waals surface area contributed by atoms with Gasteiger partial charge in [0.1, 0.15) is 0 Å². The second-order valence-corrected chi connectivity index (χ2v) is 32.9. The van der Waals surface area contributed by atoms with E-state index in [-0.39, 0.29) is 62.6 Å². The molecule has 6 aliphatic heterocycles. The standard InChI is InChI=1S/C48H24N8.C32H16N8.C32H20N4.Pd.2Pt/c1-2-10-26-18-34-33(17-25(26)9-1)41-49-42(34)54-44-37-21-29-13-5-6-14-30(29)22-38(37)46(51-44)56-48-40-24-32-16-8-7-15-31(32)23-39(40)47(52-48)55-45-36-20-28-12-4-3-11-27(28)19-35(36)43(50-45)53-41;1-2-10-18-17(9-1)25-33-26(18)38-28-21-13-5-6-14-22(21)30(35-28)40-32-24-16-8-7-15-23(24)31(36-32)39-29-20-12-4-3-11-19(20)27(34-29)37-25;1-3-7-21(8-4-1)31-27-15-11-23(33-27)19-25-13-17-29(35-25)32(22-9-5-2-6-10-22)30-18-14-26(36-30)20-24-12-16-28(31)34-24;;;/h1-24H;1-16H;1-20H;;;/q3*-2;3*+2. The van der Waals surface area contributed by atoms with Crippen molar-refractivity contribution >= 4 is 178 Å². The Bertz CT molecular complexity index is 8680. The Balaban J connectivity index is 0.000000113. The van der Waals surface area contributed by atoms with Gasteiger partial charge in [-0.05, 0) is 181 Å². The molecule has 0 atom stereocenters. The maximum Gasteiger partial charge on any atom is 2.00 e. The van der Waals surface area contributed by atoms with Crippen molar-refractivity contribution in [1.82, 2.24) is 99.7 Å². The van der Waals surface area contributed by atoms with E-state index in [2.05, 4.69) is 146 Å². The summed E-state index contributed by atoms with van der Waals surface area (Å²) in [5, 5.41) is 15.8. The fraction of sp³-hybridized carbons (Fsp3) is 0. The third-order valence-electron chi connectivity index (χ3n) is 24.9. The minimum Gasteiger partial charge on any atom is -0.657 e. The molecular weight excluding hydrogens is 2120 g/mol. The third-order valence-corrected chi connectivity index (χ3v) is 24.9. The van der Waals surface area contributed by atoms with E-state index >= 15 is 0 Å². The van der Waals surface area contributed by atoms with Gasteiger partial charge < -0.3 is 69.8 Å². The molecule has 14 aromatic carbocycles. The van der Waals surface area contributed by atoms with Crippen LogP contribution in [0.4, 0.5) is 0 Å². The molecule has 23 aromatic rings. The van der Waals surface area contributed by atoms with Gasteiger partial charge >= 0.3 is 62.6 Å². The molecule has 29 rings (SSSR count). The Morgan fingerprint density at radius 1 is 0.170 bits per heavy atom. The van der Waals surface area contributed by atoms with Crippen LogP contribution in [0.5, 0.6) is 0 Å². The summed E-state index contributed by atoms with van der Waals surface area (Å²) >= 11 is 0. The normalized spacial score (nSPS) is 11.9. The first-order valence-electron chi connectivity index (χ1n) is 43.3. The molecule has 0 saturated carbocycles. The van der Waals surface area contributed by atoms with Gasteiger partial charge in [-0.1, -0.05) is 291 Å². The smallest absolute Gasteiger partial charge is 0.657 e. The predicted molar refractivity (Wildman–Crippen MR) is 526 cm³/mol. The summed E-state index contributed by atoms with van der Waals surface area (Å²) in [5.74, 6) is 4.35. The molecule has 0 fully saturated rings. The Morgan fingerprint density at radius 2 is 0.400 bits per heavy atom. The van der Waals surface area contributed by atoms with Gasteiger partial charge in [0.25, 0.3) is 0 Å². The molecule has 0 aliphatic carbocycles. The van der Waals surface area contributed by atoms with Crippen LogP contribution in [0.25, 0.3) is 291 Å². The Kier molecular flexibility index (Phi) is 20.0. The van der Waals surface area contributed by atoms with Crippen LogP contribution in [0.3, 0.4) is 0 Å². The average Bonchev–Trinajstić information content (AvgIpc) is 1.59. The maximum absolute atomic E-state index is 5.24. The second kappa shape index (κ2) is 33.1. The average molecular weight is 2180 g/mol. The van der Waals surface area contributed by atoms with Crippen molar-refractivity contribution < 1.29 is 62.6 Å². The number of benzene rings is 14. The van der Waals surface area contributed by atoms with Gasteiger partial charge in [-0.3, -0.25) is 0 Å². The fourth-order valence-electron chi connectivity index (χ4n) is 18.6. The molecule has 9 aromatic heterocycles. The van der Waals surface area contributed by atoms with Crippen molar-refractivity contribution in [2.24, 2.45) is 0 Å². The molecule has 0 radical (unpaired) electrons. The molecule has 0 saturated heterocycles. The van der Waals surface area contributed by atoms with E-state index in [9.17, 15) is 0 Å². The van der Waals surface area contributed by atoms with Crippen molar-refractivity contribution in [3.05, 3.63) is 362 Å². The van der Waals surface area contributed by atoms with Gasteiger partial charge in [-0.15, -0.1) is 22.1 Å². The van der Waals surface area contributed by atoms with Crippen molar-refractivity contribution in [2.45, 2.75) is 0 Å². The van der Waals surface area contributed by atoms with Gasteiger partial charge in [-0.25, -0.2) is 29.9 Å². The molecule has 0 amide bonds. The van der Waals surface area contributed by atoms with E-state index < -0.39 is 0 Å². The number of hydrogen-bond acceptors (Lipinski definition) is 14. The topological polar surface area (TPSA) is 265 Å². The number of fused-ring (bicyclic) bond motifs is 52. The monoisotopic (exact) mass is 2180 g/mol. The zero-order valence-corrected chi connectivity index (χ0v) is 76.6. The summed E-state index contributed by atoms with van der Waals surface area (Å²) in [7, 11) is 0. The minimum atomic E-state index is 0. The summed E-state index contributed by atoms with van der Waals surface area (Å²) in [5.41, 5.74) is 22.6. The zero-order chi connectivity index (χ0) is 86.6. The molecule has 23 heteroatoms. The summed E-state index contributed by atoms with van der Waals surface area (Å²) in [4.78, 5) is 101. The fourth-order valence-corrected chi connectivity index (χ4v) is 18.6. The first-order valence-corrected chi connectivity index (χ1v) is 43.3. The molecule has 0 spiro atoms. The van der Waals surface area contributed by atoms with Crippen LogP contribution in [0.2, 0.25) is 0 Å². The number of rotatable bonds is 2. The van der Waals surface area contributed by atoms with E-state index in [4.69, 9.17) is 99.7 Å². The summed E-state index contributed by atoms with van der Waals surface area (Å²) in [6.07, 6.45) is 8.18. The van der Waals surface area contributed by atoms with Crippen LogP contribution in [-0.2, 0) is 62.6 Å². The van der Waals surface area contributed by atoms with Gasteiger partial charge in [0.15, 0.2) is 0 Å². The SMILES string of the molecule is C1=Cc2nc1cc1ccc([n-]1)c(-c1ccccc1)c1nc(cc3ccc([n-]3)c2-c2ccccc2)C=C1.[Pd+2].[Pt+2].[Pt+2].c1ccc2c(c1)-c1nc-2nc2[n-]c(nc3nc(nc4[n-]c(n1)c1ccccc41)-c1ccccc1-3)c1ccccc21.c1ccc2cc3c(cc2c1)-c1nc-3nc2[n-]c(nc3nc(nc4[n-]c(n1)c1cc5ccccc5cc41)-c1cc4ccccc4cc1-3)c1cc3ccccc3cc21. The molecule has 135 heavy (non-hydrogen) atoms. The Morgan fingerprint density at radius 3 is 0.674 bits per heavy atom. The second-order valence-electron chi connectivity index (χ2n) is 32.9. The molecule has 24 bridgehead atoms. The molecule has 0 unspecified atom stereocenters. The van der Waals surface area contributed by atoms with E-state index in [0.717, 1.165) is 198 Å². The molecule has 638 valence electrons. The van der Waals surface area contributed by atoms with Gasteiger partial charge in [-0.2, -0.15) is 0 Å². The summed E-state index contributed by atoms with van der Waals surface area (Å²) < 4.78 is 0. The predicted octanol–water partition coefficient (Wildman–Crippen LogP) is 24.1. The Hall–Kier alpha value is -16.5. The number of hydrogen-bond donors (Lipinski definition) is 0. The molecular formula is C112H60N20PdPt2. The van der Waals surface area contributed by atoms with E-state index in [1.54, 1.807) is 0 Å². The molecule has 20 nitrogen and oxygen atoms in total. The zero-order valence-electron chi connectivity index (χ0n) is 70.5. The van der Waals surface area contributed by atoms with Crippen molar-refractivity contribution in [3.8, 4) is 113 Å². The first-order chi connectivity index (χ1) is 65.3. The summed E-state index contributed by atoms with van der Waals surface area (Å²) in [6.45, 7) is 0. The van der Waals surface area contributed by atoms with Crippen LogP contribution in [-0.4, -0.2) is 69.8 Å². The maximum atomic E-state index is 5.24. The van der Waals surface area contributed by atoms with Crippen molar-refractivity contribution in [1.29, 1.82) is 0 Å². The largest absolute Gasteiger partial charge is 2.00 e. The quantitative estimate of drug-likeness (QED) is 0.146. The first kappa shape index (κ1) is 81.7. The van der Waals surface area contributed by atoms with E-state index in [1.807, 2.05) is 218 Å². The van der Waals surface area contributed by atoms with Crippen LogP contribution in [0, 0.1) is 0 Å². The van der Waals surface area contributed by atoms with Gasteiger partial charge in [0, 0.05) is 89.7 Å². The van der Waals surface area contributed by atoms with Crippen LogP contribution in [0.1, 0.15) is 22.8 Å².